The van der Waals surface area contributed by atoms with E-state index in [4.69, 9.17) is 4.74 Å². The second kappa shape index (κ2) is 6.96. The first-order valence-corrected chi connectivity index (χ1v) is 9.31. The van der Waals surface area contributed by atoms with Gasteiger partial charge in [-0.25, -0.2) is 14.2 Å². The number of ether oxygens (including phenoxy) is 1. The maximum atomic E-state index is 13.4. The molecule has 0 bridgehead atoms. The van der Waals surface area contributed by atoms with Crippen molar-refractivity contribution in [3.63, 3.8) is 0 Å². The van der Waals surface area contributed by atoms with Crippen molar-refractivity contribution in [2.45, 2.75) is 33.1 Å². The van der Waals surface area contributed by atoms with Gasteiger partial charge in [0.1, 0.15) is 5.82 Å². The number of hydrogen-bond acceptors (Lipinski definition) is 4. The number of hydrogen-bond donors (Lipinski definition) is 1. The second-order valence-electron chi connectivity index (χ2n) is 7.16. The lowest BCUT2D eigenvalue weighted by molar-refractivity contribution is 0.0516. The summed E-state index contributed by atoms with van der Waals surface area (Å²) < 4.78 is 20.9. The molecule has 0 atom stereocenters. The molecule has 1 aromatic carbocycles. The number of nitrogens with zero attached hydrogens (tertiary/aromatic N) is 2. The first-order chi connectivity index (χ1) is 12.7. The predicted molar refractivity (Wildman–Crippen MR) is 105 cm³/mol. The van der Waals surface area contributed by atoms with Gasteiger partial charge < -0.3 is 14.4 Å². The summed E-state index contributed by atoms with van der Waals surface area (Å²) in [5.41, 5.74) is 1.73. The zero-order valence-electron chi connectivity index (χ0n) is 15.5. The number of benzene rings is 1. The van der Waals surface area contributed by atoms with Crippen LogP contribution in [0.25, 0.3) is 16.6 Å². The topological polar surface area (TPSA) is 64.3 Å². The molecule has 2 heterocycles. The third kappa shape index (κ3) is 3.32. The Bertz CT molecular complexity index is 1020. The molecule has 0 aliphatic rings. The third-order valence-electron chi connectivity index (χ3n) is 4.19. The highest BCUT2D eigenvalue weighted by Gasteiger charge is 2.30. The van der Waals surface area contributed by atoms with Crippen molar-refractivity contribution >= 4 is 32.8 Å². The zero-order valence-corrected chi connectivity index (χ0v) is 17.1. The lowest BCUT2D eigenvalue weighted by Gasteiger charge is -2.23. The van der Waals surface area contributed by atoms with Gasteiger partial charge in [-0.05, 0) is 47.1 Å². The van der Waals surface area contributed by atoms with E-state index in [1.165, 1.54) is 18.3 Å². The Morgan fingerprint density at radius 1 is 1.30 bits per heavy atom. The van der Waals surface area contributed by atoms with E-state index in [1.54, 1.807) is 19.1 Å². The number of halogens is 2. The van der Waals surface area contributed by atoms with Crippen LogP contribution in [0.3, 0.4) is 0 Å². The lowest BCUT2D eigenvalue weighted by Crippen LogP contribution is -2.17. The Kier molecular flexibility index (Phi) is 4.99. The summed E-state index contributed by atoms with van der Waals surface area (Å²) in [6.45, 7) is 7.96. The van der Waals surface area contributed by atoms with Gasteiger partial charge in [-0.2, -0.15) is 0 Å². The molecule has 7 heteroatoms. The van der Waals surface area contributed by atoms with Crippen LogP contribution >= 0.6 is 15.9 Å². The molecular formula is C20H20BrFN2O3. The van der Waals surface area contributed by atoms with Gasteiger partial charge in [0.05, 0.1) is 28.2 Å². The van der Waals surface area contributed by atoms with Crippen LogP contribution in [0.15, 0.2) is 34.9 Å². The number of aromatic nitrogens is 2. The van der Waals surface area contributed by atoms with E-state index in [1.807, 2.05) is 25.3 Å². The van der Waals surface area contributed by atoms with E-state index < -0.39 is 5.97 Å². The Hall–Kier alpha value is -2.41. The number of rotatable bonds is 3. The van der Waals surface area contributed by atoms with Crippen molar-refractivity contribution in [1.29, 1.82) is 0 Å². The van der Waals surface area contributed by atoms with Crippen molar-refractivity contribution in [3.05, 3.63) is 52.1 Å². The molecule has 0 amide bonds. The molecule has 5 nitrogen and oxygen atoms in total. The van der Waals surface area contributed by atoms with Crippen LogP contribution in [0.5, 0.6) is 5.75 Å². The minimum atomic E-state index is -0.685. The molecular weight excluding hydrogens is 415 g/mol. The number of fused-ring (bicyclic) bond motifs is 1. The van der Waals surface area contributed by atoms with Crippen LogP contribution in [0, 0.1) is 5.82 Å². The summed E-state index contributed by atoms with van der Waals surface area (Å²) in [5.74, 6) is -1.27. The number of esters is 1. The van der Waals surface area contributed by atoms with Crippen LogP contribution < -0.4 is 0 Å². The summed E-state index contributed by atoms with van der Waals surface area (Å²) in [4.78, 5) is 16.2. The molecule has 0 saturated heterocycles. The van der Waals surface area contributed by atoms with Gasteiger partial charge in [0.25, 0.3) is 0 Å². The van der Waals surface area contributed by atoms with Gasteiger partial charge in [0, 0.05) is 16.8 Å². The Morgan fingerprint density at radius 2 is 1.93 bits per heavy atom. The highest BCUT2D eigenvalue weighted by atomic mass is 79.9. The van der Waals surface area contributed by atoms with E-state index in [2.05, 4.69) is 20.9 Å². The summed E-state index contributed by atoms with van der Waals surface area (Å²) in [6, 6.07) is 6.07. The van der Waals surface area contributed by atoms with Crippen molar-refractivity contribution < 1.29 is 19.0 Å². The van der Waals surface area contributed by atoms with Crippen molar-refractivity contribution in [1.82, 2.24) is 9.55 Å². The van der Waals surface area contributed by atoms with Crippen LogP contribution in [0.1, 0.15) is 43.9 Å². The van der Waals surface area contributed by atoms with Crippen LogP contribution in [0.2, 0.25) is 0 Å². The largest absolute Gasteiger partial charge is 0.505 e. The Labute approximate surface area is 164 Å². The maximum Gasteiger partial charge on any atom is 0.360 e. The molecule has 2 aromatic heterocycles. The van der Waals surface area contributed by atoms with Gasteiger partial charge >= 0.3 is 5.97 Å². The molecule has 0 spiro atoms. The summed E-state index contributed by atoms with van der Waals surface area (Å²) in [6.07, 6.45) is 1.52. The maximum absolute atomic E-state index is 13.4. The molecule has 0 aliphatic heterocycles. The Balaban J connectivity index is 2.39. The summed E-state index contributed by atoms with van der Waals surface area (Å²) in [7, 11) is 0. The molecule has 3 rings (SSSR count). The van der Waals surface area contributed by atoms with Crippen LogP contribution in [-0.4, -0.2) is 27.2 Å². The van der Waals surface area contributed by atoms with Gasteiger partial charge in [-0.1, -0.05) is 20.8 Å². The number of carbonyl (C=O) groups excluding carboxylic acids is 1. The monoisotopic (exact) mass is 434 g/mol. The van der Waals surface area contributed by atoms with E-state index in [0.717, 1.165) is 11.4 Å². The van der Waals surface area contributed by atoms with Gasteiger partial charge in [0.15, 0.2) is 11.4 Å². The van der Waals surface area contributed by atoms with Crippen molar-refractivity contribution in [2.75, 3.05) is 6.61 Å². The summed E-state index contributed by atoms with van der Waals surface area (Å²) in [5, 5.41) is 11.2. The normalized spacial score (nSPS) is 11.8. The minimum Gasteiger partial charge on any atom is -0.505 e. The molecule has 142 valence electrons. The first kappa shape index (κ1) is 19.4. The smallest absolute Gasteiger partial charge is 0.360 e. The van der Waals surface area contributed by atoms with Crippen LogP contribution in [-0.2, 0) is 10.2 Å². The SMILES string of the molecule is CCOC(=O)c1ncc2c(c1O)c(Br)c(C(C)(C)C)n2-c1ccc(F)cc1. The highest BCUT2D eigenvalue weighted by molar-refractivity contribution is 9.10. The third-order valence-corrected chi connectivity index (χ3v) is 4.96. The van der Waals surface area contributed by atoms with Gasteiger partial charge in [-0.15, -0.1) is 0 Å². The standard InChI is InChI=1S/C20H20BrFN2O3/c1-5-27-19(26)16-17(25)14-13(10-23-16)24(12-8-6-11(22)7-9-12)18(15(14)21)20(2,3)4/h6-10,25H,5H2,1-4H3. The molecule has 27 heavy (non-hydrogen) atoms. The van der Waals surface area contributed by atoms with Gasteiger partial charge in [0.2, 0.25) is 0 Å². The quantitative estimate of drug-likeness (QED) is 0.581. The average Bonchev–Trinajstić information content (AvgIpc) is 2.89. The Morgan fingerprint density at radius 3 is 2.48 bits per heavy atom. The fourth-order valence-electron chi connectivity index (χ4n) is 3.09. The van der Waals surface area contributed by atoms with E-state index in [9.17, 15) is 14.3 Å². The molecule has 0 fully saturated rings. The number of pyridine rings is 1. The second-order valence-corrected chi connectivity index (χ2v) is 7.95. The van der Waals surface area contributed by atoms with E-state index in [0.29, 0.717) is 15.4 Å². The van der Waals surface area contributed by atoms with E-state index in [-0.39, 0.29) is 29.3 Å². The van der Waals surface area contributed by atoms with Crippen LogP contribution in [0.4, 0.5) is 4.39 Å². The molecule has 1 N–H and O–H groups in total. The lowest BCUT2D eigenvalue weighted by atomic mass is 9.91. The predicted octanol–water partition coefficient (Wildman–Crippen LogP) is 5.11. The molecule has 0 radical (unpaired) electrons. The number of carbonyl (C=O) groups is 1. The van der Waals surface area contributed by atoms with E-state index >= 15 is 0 Å². The molecule has 0 saturated carbocycles. The zero-order chi connectivity index (χ0) is 19.9. The van der Waals surface area contributed by atoms with Crippen molar-refractivity contribution in [2.24, 2.45) is 0 Å². The molecule has 3 aromatic rings. The van der Waals surface area contributed by atoms with Gasteiger partial charge in [-0.3, -0.25) is 0 Å². The fourth-order valence-corrected chi connectivity index (χ4v) is 4.25. The fraction of sp³-hybridized carbons (Fsp3) is 0.300. The first-order valence-electron chi connectivity index (χ1n) is 8.52. The summed E-state index contributed by atoms with van der Waals surface area (Å²) >= 11 is 3.59. The molecule has 0 unspecified atom stereocenters. The van der Waals surface area contributed by atoms with Crippen molar-refractivity contribution in [3.8, 4) is 11.4 Å². The average molecular weight is 435 g/mol. The molecule has 0 aliphatic carbocycles. The highest BCUT2D eigenvalue weighted by Crippen LogP contribution is 2.44. The number of aromatic hydroxyl groups is 1. The minimum absolute atomic E-state index is 0.137.